The van der Waals surface area contributed by atoms with E-state index in [1.165, 1.54) is 11.2 Å². The van der Waals surface area contributed by atoms with Gasteiger partial charge in [0.1, 0.15) is 12.2 Å². The van der Waals surface area contributed by atoms with Gasteiger partial charge in [0.25, 0.3) is 11.7 Å². The number of fused-ring (bicyclic) bond motifs is 1. The molecule has 0 saturated heterocycles. The summed E-state index contributed by atoms with van der Waals surface area (Å²) in [6.07, 6.45) is 2.36. The normalized spacial score (nSPS) is 13.9. The lowest BCUT2D eigenvalue weighted by molar-refractivity contribution is -0.114. The molecule has 0 atom stereocenters. The summed E-state index contributed by atoms with van der Waals surface area (Å²) in [4.78, 5) is 29.8. The zero-order valence-electron chi connectivity index (χ0n) is 11.4. The van der Waals surface area contributed by atoms with Crippen LogP contribution in [-0.2, 0) is 17.9 Å². The molecule has 1 aliphatic heterocycles. The molecule has 0 spiro atoms. The van der Waals surface area contributed by atoms with Crippen molar-refractivity contribution in [2.24, 2.45) is 0 Å². The summed E-state index contributed by atoms with van der Waals surface area (Å²) >= 11 is 6.03. The van der Waals surface area contributed by atoms with E-state index >= 15 is 0 Å². The summed E-state index contributed by atoms with van der Waals surface area (Å²) in [6, 6.07) is 5.04. The Morgan fingerprint density at radius 2 is 2.10 bits per heavy atom. The average Bonchev–Trinajstić information content (AvgIpc) is 2.99. The van der Waals surface area contributed by atoms with E-state index in [4.69, 9.17) is 11.6 Å². The van der Waals surface area contributed by atoms with Crippen LogP contribution in [0.5, 0.6) is 0 Å². The summed E-state index contributed by atoms with van der Waals surface area (Å²) in [5.41, 5.74) is 0.800. The molecule has 21 heavy (non-hydrogen) atoms. The van der Waals surface area contributed by atoms with Crippen molar-refractivity contribution in [1.82, 2.24) is 14.8 Å². The fraction of sp³-hybridized carbons (Fsp3) is 0.286. The van der Waals surface area contributed by atoms with E-state index in [-0.39, 0.29) is 12.1 Å². The third-order valence-corrected chi connectivity index (χ3v) is 3.69. The highest BCUT2D eigenvalue weighted by Crippen LogP contribution is 2.34. The maximum absolute atomic E-state index is 12.2. The van der Waals surface area contributed by atoms with Crippen LogP contribution in [0, 0.1) is 0 Å². The summed E-state index contributed by atoms with van der Waals surface area (Å²) < 4.78 is 1.74. The molecule has 3 rings (SSSR count). The minimum absolute atomic E-state index is 0.206. The molecule has 0 unspecified atom stereocenters. The Morgan fingerprint density at radius 1 is 1.29 bits per heavy atom. The standard InChI is InChI=1S/C14H13ClN4O2/c1-2-6-19-11(16-8-17-19)7-18-10-5-3-4-9(15)12(10)13(20)14(18)21/h3-5,8H,2,6-7H2,1H3. The van der Waals surface area contributed by atoms with E-state index < -0.39 is 11.7 Å². The molecule has 2 aromatic rings. The van der Waals surface area contributed by atoms with Crippen molar-refractivity contribution in [3.8, 4) is 0 Å². The lowest BCUT2D eigenvalue weighted by Crippen LogP contribution is -2.30. The Hall–Kier alpha value is -2.21. The third-order valence-electron chi connectivity index (χ3n) is 3.38. The molecule has 7 heteroatoms. The van der Waals surface area contributed by atoms with Crippen LogP contribution in [0.25, 0.3) is 0 Å². The van der Waals surface area contributed by atoms with Crippen LogP contribution in [0.15, 0.2) is 24.5 Å². The van der Waals surface area contributed by atoms with Crippen LogP contribution in [0.3, 0.4) is 0 Å². The number of hydrogen-bond donors (Lipinski definition) is 0. The number of benzene rings is 1. The molecule has 0 radical (unpaired) electrons. The number of amides is 1. The summed E-state index contributed by atoms with van der Waals surface area (Å²) in [5, 5.41) is 4.42. The van der Waals surface area contributed by atoms with E-state index in [9.17, 15) is 9.59 Å². The largest absolute Gasteiger partial charge is 0.299 e. The lowest BCUT2D eigenvalue weighted by Gasteiger charge is -2.16. The van der Waals surface area contributed by atoms with Crippen LogP contribution in [0.4, 0.5) is 5.69 Å². The Bertz CT molecular complexity index is 726. The van der Waals surface area contributed by atoms with Crippen LogP contribution in [-0.4, -0.2) is 26.5 Å². The first kappa shape index (κ1) is 13.8. The molecule has 0 aliphatic carbocycles. The minimum atomic E-state index is -0.579. The highest BCUT2D eigenvalue weighted by molar-refractivity contribution is 6.55. The zero-order chi connectivity index (χ0) is 15.0. The molecule has 1 amide bonds. The number of aromatic nitrogens is 3. The first-order valence-electron chi connectivity index (χ1n) is 6.65. The number of aryl methyl sites for hydroxylation is 1. The Morgan fingerprint density at radius 3 is 2.86 bits per heavy atom. The summed E-state index contributed by atoms with van der Waals surface area (Å²) in [6.45, 7) is 2.96. The number of halogens is 1. The van der Waals surface area contributed by atoms with E-state index in [0.29, 0.717) is 23.1 Å². The molecule has 1 aliphatic rings. The van der Waals surface area contributed by atoms with Gasteiger partial charge in [-0.3, -0.25) is 14.5 Å². The molecule has 2 heterocycles. The van der Waals surface area contributed by atoms with Crippen molar-refractivity contribution in [1.29, 1.82) is 0 Å². The highest BCUT2D eigenvalue weighted by atomic mass is 35.5. The zero-order valence-corrected chi connectivity index (χ0v) is 12.2. The third kappa shape index (κ3) is 2.21. The fourth-order valence-corrected chi connectivity index (χ4v) is 2.66. The van der Waals surface area contributed by atoms with Gasteiger partial charge in [-0.15, -0.1) is 0 Å². The van der Waals surface area contributed by atoms with Gasteiger partial charge in [0.2, 0.25) is 0 Å². The second-order valence-corrected chi connectivity index (χ2v) is 5.16. The molecule has 0 saturated carbocycles. The topological polar surface area (TPSA) is 68.1 Å². The number of hydrogen-bond acceptors (Lipinski definition) is 4. The van der Waals surface area contributed by atoms with Crippen LogP contribution in [0.1, 0.15) is 29.5 Å². The molecule has 108 valence electrons. The van der Waals surface area contributed by atoms with Crippen molar-refractivity contribution in [2.45, 2.75) is 26.4 Å². The van der Waals surface area contributed by atoms with Gasteiger partial charge in [-0.2, -0.15) is 5.10 Å². The first-order valence-corrected chi connectivity index (χ1v) is 7.02. The van der Waals surface area contributed by atoms with Crippen LogP contribution >= 0.6 is 11.6 Å². The van der Waals surface area contributed by atoms with Crippen molar-refractivity contribution >= 4 is 29.0 Å². The molecule has 1 aromatic carbocycles. The SMILES string of the molecule is CCCn1ncnc1CN1C(=O)C(=O)c2c(Cl)cccc21. The monoisotopic (exact) mass is 304 g/mol. The predicted molar refractivity (Wildman–Crippen MR) is 77.3 cm³/mol. The number of Topliss-reactive ketones (excluding diaryl/α,β-unsaturated/α-hetero) is 1. The van der Waals surface area contributed by atoms with E-state index in [2.05, 4.69) is 10.1 Å². The maximum atomic E-state index is 12.2. The van der Waals surface area contributed by atoms with Gasteiger partial charge in [0.15, 0.2) is 0 Å². The van der Waals surface area contributed by atoms with Crippen molar-refractivity contribution in [2.75, 3.05) is 4.90 Å². The molecular formula is C14H13ClN4O2. The predicted octanol–water partition coefficient (Wildman–Crippen LogP) is 2.07. The van der Waals surface area contributed by atoms with Crippen molar-refractivity contribution in [3.05, 3.63) is 40.9 Å². The Balaban J connectivity index is 1.97. The lowest BCUT2D eigenvalue weighted by atomic mass is 10.1. The van der Waals surface area contributed by atoms with Crippen LogP contribution in [0.2, 0.25) is 5.02 Å². The quantitative estimate of drug-likeness (QED) is 0.811. The van der Waals surface area contributed by atoms with Crippen molar-refractivity contribution < 1.29 is 9.59 Å². The number of carbonyl (C=O) groups excluding carboxylic acids is 2. The Labute approximate surface area is 126 Å². The summed E-state index contributed by atoms with van der Waals surface area (Å²) in [5.74, 6) is -0.507. The smallest absolute Gasteiger partial charge is 0.297 e. The van der Waals surface area contributed by atoms with Gasteiger partial charge >= 0.3 is 0 Å². The van der Waals surface area contributed by atoms with Gasteiger partial charge in [-0.05, 0) is 18.6 Å². The molecular weight excluding hydrogens is 292 g/mol. The number of rotatable bonds is 4. The first-order chi connectivity index (χ1) is 10.1. The van der Waals surface area contributed by atoms with Crippen LogP contribution < -0.4 is 4.90 Å². The number of ketones is 1. The molecule has 0 fully saturated rings. The number of nitrogens with zero attached hydrogens (tertiary/aromatic N) is 4. The van der Waals surface area contributed by atoms with E-state index in [0.717, 1.165) is 6.42 Å². The van der Waals surface area contributed by atoms with Gasteiger partial charge in [-0.25, -0.2) is 9.67 Å². The van der Waals surface area contributed by atoms with Gasteiger partial charge in [0.05, 0.1) is 22.8 Å². The molecule has 0 bridgehead atoms. The molecule has 0 N–H and O–H groups in total. The Kier molecular flexibility index (Phi) is 3.47. The van der Waals surface area contributed by atoms with Crippen molar-refractivity contribution in [3.63, 3.8) is 0 Å². The molecule has 6 nitrogen and oxygen atoms in total. The second-order valence-electron chi connectivity index (χ2n) is 4.75. The number of anilines is 1. The highest BCUT2D eigenvalue weighted by Gasteiger charge is 2.38. The van der Waals surface area contributed by atoms with Gasteiger partial charge in [0, 0.05) is 6.54 Å². The average molecular weight is 305 g/mol. The minimum Gasteiger partial charge on any atom is -0.297 e. The molecule has 1 aromatic heterocycles. The fourth-order valence-electron chi connectivity index (χ4n) is 2.41. The maximum Gasteiger partial charge on any atom is 0.299 e. The second kappa shape index (κ2) is 5.29. The van der Waals surface area contributed by atoms with Gasteiger partial charge in [-0.1, -0.05) is 24.6 Å². The van der Waals surface area contributed by atoms with E-state index in [1.54, 1.807) is 22.9 Å². The van der Waals surface area contributed by atoms with Gasteiger partial charge < -0.3 is 0 Å². The summed E-state index contributed by atoms with van der Waals surface area (Å²) in [7, 11) is 0. The van der Waals surface area contributed by atoms with E-state index in [1.807, 2.05) is 6.92 Å². The number of carbonyl (C=O) groups is 2.